The smallest absolute Gasteiger partial charge is 0.149 e. The van der Waals surface area contributed by atoms with Crippen LogP contribution in [0.2, 0.25) is 0 Å². The van der Waals surface area contributed by atoms with Crippen LogP contribution in [-0.2, 0) is 17.8 Å². The Morgan fingerprint density at radius 1 is 1.30 bits per heavy atom. The van der Waals surface area contributed by atoms with Gasteiger partial charge in [-0.3, -0.25) is 0 Å². The molecule has 0 aromatic carbocycles. The van der Waals surface area contributed by atoms with E-state index in [1.807, 2.05) is 11.9 Å². The van der Waals surface area contributed by atoms with Gasteiger partial charge in [0.25, 0.3) is 0 Å². The number of hydrogen-bond donors (Lipinski definition) is 1. The number of likely N-dealkylation sites (N-methyl/N-ethyl adjacent to an activating group) is 1. The minimum atomic E-state index is -0.201. The Labute approximate surface area is 163 Å². The molecule has 0 radical (unpaired) electrons. The van der Waals surface area contributed by atoms with Gasteiger partial charge in [0.05, 0.1) is 34.7 Å². The molecule has 6 nitrogen and oxygen atoms in total. The summed E-state index contributed by atoms with van der Waals surface area (Å²) in [6.45, 7) is 9.86. The van der Waals surface area contributed by atoms with E-state index < -0.39 is 0 Å². The third kappa shape index (κ3) is 3.07. The van der Waals surface area contributed by atoms with Gasteiger partial charge in [0.15, 0.2) is 0 Å². The normalized spacial score (nSPS) is 16.3. The molecule has 144 valence electrons. The second-order valence-electron chi connectivity index (χ2n) is 8.14. The summed E-state index contributed by atoms with van der Waals surface area (Å²) in [5, 5.41) is 10.5. The van der Waals surface area contributed by atoms with Crippen molar-refractivity contribution in [1.82, 2.24) is 15.0 Å². The maximum atomic E-state index is 9.32. The van der Waals surface area contributed by atoms with Crippen LogP contribution in [0.25, 0.3) is 20.4 Å². The highest BCUT2D eigenvalue weighted by molar-refractivity contribution is 7.26. The largest absolute Gasteiger partial charge is 0.395 e. The van der Waals surface area contributed by atoms with Crippen molar-refractivity contribution in [3.8, 4) is 0 Å². The second-order valence-corrected chi connectivity index (χ2v) is 9.14. The van der Waals surface area contributed by atoms with Crippen LogP contribution in [0.5, 0.6) is 0 Å². The Kier molecular flexibility index (Phi) is 4.56. The summed E-state index contributed by atoms with van der Waals surface area (Å²) < 4.78 is 7.14. The van der Waals surface area contributed by atoms with Crippen molar-refractivity contribution in [2.45, 2.75) is 52.2 Å². The van der Waals surface area contributed by atoms with E-state index >= 15 is 0 Å². The van der Waals surface area contributed by atoms with Gasteiger partial charge in [-0.05, 0) is 25.3 Å². The summed E-state index contributed by atoms with van der Waals surface area (Å²) in [5.74, 6) is 1.18. The molecule has 0 amide bonds. The maximum Gasteiger partial charge on any atom is 0.149 e. The van der Waals surface area contributed by atoms with Gasteiger partial charge in [-0.2, -0.15) is 0 Å². The zero-order chi connectivity index (χ0) is 19.3. The summed E-state index contributed by atoms with van der Waals surface area (Å²) in [6.07, 6.45) is 2.46. The van der Waals surface area contributed by atoms with Crippen molar-refractivity contribution < 1.29 is 9.84 Å². The molecule has 0 atom stereocenters. The molecule has 0 saturated carbocycles. The molecule has 4 heterocycles. The predicted molar refractivity (Wildman–Crippen MR) is 110 cm³/mol. The average molecular weight is 387 g/mol. The SMILES string of the molecule is CC(C)c1nc2sc3c(N(C)CCO)ncnc3c2c2c1COC(C)(C)C2. The number of aliphatic hydroxyl groups excluding tert-OH is 1. The average Bonchev–Trinajstić information content (AvgIpc) is 2.98. The van der Waals surface area contributed by atoms with Gasteiger partial charge in [0.1, 0.15) is 17.0 Å². The third-order valence-corrected chi connectivity index (χ3v) is 6.25. The zero-order valence-electron chi connectivity index (χ0n) is 16.5. The van der Waals surface area contributed by atoms with E-state index in [2.05, 4.69) is 37.7 Å². The number of thiophene rings is 1. The number of aromatic nitrogens is 3. The fraction of sp³-hybridized carbons (Fsp3) is 0.550. The van der Waals surface area contributed by atoms with Crippen LogP contribution in [0.1, 0.15) is 50.4 Å². The molecular weight excluding hydrogens is 360 g/mol. The standard InChI is InChI=1S/C20H26N4O2S/c1-11(2)15-13-9-26-20(3,4)8-12(13)14-16-17(27-19(14)23-15)18(22-10-21-16)24(5)6-7-25/h10-11,25H,6-9H2,1-5H3. The number of fused-ring (bicyclic) bond motifs is 5. The second kappa shape index (κ2) is 6.65. The molecule has 1 aliphatic heterocycles. The minimum Gasteiger partial charge on any atom is -0.395 e. The lowest BCUT2D eigenvalue weighted by atomic mass is 9.87. The van der Waals surface area contributed by atoms with Gasteiger partial charge >= 0.3 is 0 Å². The quantitative estimate of drug-likeness (QED) is 0.738. The zero-order valence-corrected chi connectivity index (χ0v) is 17.4. The highest BCUT2D eigenvalue weighted by atomic mass is 32.1. The first-order chi connectivity index (χ1) is 12.8. The van der Waals surface area contributed by atoms with Crippen molar-refractivity contribution in [1.29, 1.82) is 0 Å². The first-order valence-electron chi connectivity index (χ1n) is 9.37. The number of nitrogens with zero attached hydrogens (tertiary/aromatic N) is 4. The van der Waals surface area contributed by atoms with Crippen LogP contribution in [0.4, 0.5) is 5.82 Å². The van der Waals surface area contributed by atoms with Gasteiger partial charge in [-0.15, -0.1) is 11.3 Å². The van der Waals surface area contributed by atoms with Crippen molar-refractivity contribution in [2.75, 3.05) is 25.1 Å². The number of hydrogen-bond acceptors (Lipinski definition) is 7. The van der Waals surface area contributed by atoms with Gasteiger partial charge in [-0.1, -0.05) is 13.8 Å². The number of anilines is 1. The summed E-state index contributed by atoms with van der Waals surface area (Å²) in [5.41, 5.74) is 4.42. The molecule has 0 fully saturated rings. The van der Waals surface area contributed by atoms with E-state index in [-0.39, 0.29) is 12.2 Å². The van der Waals surface area contributed by atoms with Gasteiger partial charge in [-0.25, -0.2) is 15.0 Å². The molecule has 0 unspecified atom stereocenters. The Balaban J connectivity index is 2.05. The van der Waals surface area contributed by atoms with Crippen LogP contribution in [-0.4, -0.2) is 45.9 Å². The summed E-state index contributed by atoms with van der Waals surface area (Å²) >= 11 is 1.65. The molecule has 3 aromatic rings. The molecule has 1 aliphatic rings. The lowest BCUT2D eigenvalue weighted by molar-refractivity contribution is -0.0402. The van der Waals surface area contributed by atoms with Crippen LogP contribution in [0, 0.1) is 0 Å². The maximum absolute atomic E-state index is 9.32. The highest BCUT2D eigenvalue weighted by Gasteiger charge is 2.32. The molecule has 1 N–H and O–H groups in total. The predicted octanol–water partition coefficient (Wildman–Crippen LogP) is 3.64. The molecule has 3 aromatic heterocycles. The third-order valence-electron chi connectivity index (χ3n) is 5.19. The molecule has 4 rings (SSSR count). The lowest BCUT2D eigenvalue weighted by Gasteiger charge is -2.33. The highest BCUT2D eigenvalue weighted by Crippen LogP contribution is 2.43. The molecule has 0 bridgehead atoms. The lowest BCUT2D eigenvalue weighted by Crippen LogP contribution is -2.33. The van der Waals surface area contributed by atoms with Crippen LogP contribution in [0.15, 0.2) is 6.33 Å². The van der Waals surface area contributed by atoms with Crippen molar-refractivity contribution >= 4 is 37.6 Å². The number of pyridine rings is 1. The molecular formula is C20H26N4O2S. The van der Waals surface area contributed by atoms with E-state index in [0.29, 0.717) is 19.1 Å². The first kappa shape index (κ1) is 18.5. The molecule has 27 heavy (non-hydrogen) atoms. The molecule has 0 saturated heterocycles. The molecule has 0 spiro atoms. The van der Waals surface area contributed by atoms with Crippen LogP contribution < -0.4 is 4.90 Å². The van der Waals surface area contributed by atoms with Gasteiger partial charge < -0.3 is 14.7 Å². The Hall–Kier alpha value is -1.83. The monoisotopic (exact) mass is 386 g/mol. The number of ether oxygens (including phenoxy) is 1. The number of rotatable bonds is 4. The van der Waals surface area contributed by atoms with E-state index in [1.54, 1.807) is 17.7 Å². The minimum absolute atomic E-state index is 0.0869. The van der Waals surface area contributed by atoms with Crippen molar-refractivity contribution in [3.63, 3.8) is 0 Å². The fourth-order valence-corrected chi connectivity index (χ4v) is 5.03. The van der Waals surface area contributed by atoms with Crippen molar-refractivity contribution in [3.05, 3.63) is 23.1 Å². The topological polar surface area (TPSA) is 71.4 Å². The summed E-state index contributed by atoms with van der Waals surface area (Å²) in [6, 6.07) is 0. The van der Waals surface area contributed by atoms with E-state index in [0.717, 1.165) is 38.4 Å². The first-order valence-corrected chi connectivity index (χ1v) is 10.2. The Bertz CT molecular complexity index is 1010. The Morgan fingerprint density at radius 3 is 2.78 bits per heavy atom. The fourth-order valence-electron chi connectivity index (χ4n) is 3.82. The van der Waals surface area contributed by atoms with Gasteiger partial charge in [0, 0.05) is 31.0 Å². The van der Waals surface area contributed by atoms with E-state index in [4.69, 9.17) is 9.72 Å². The Morgan fingerprint density at radius 2 is 2.07 bits per heavy atom. The van der Waals surface area contributed by atoms with Crippen molar-refractivity contribution in [2.24, 2.45) is 0 Å². The summed E-state index contributed by atoms with van der Waals surface area (Å²) in [7, 11) is 1.95. The number of aliphatic hydroxyl groups is 1. The van der Waals surface area contributed by atoms with E-state index in [1.165, 1.54) is 11.1 Å². The van der Waals surface area contributed by atoms with Gasteiger partial charge in [0.2, 0.25) is 0 Å². The van der Waals surface area contributed by atoms with E-state index in [9.17, 15) is 5.11 Å². The van der Waals surface area contributed by atoms with Crippen LogP contribution in [0.3, 0.4) is 0 Å². The summed E-state index contributed by atoms with van der Waals surface area (Å²) in [4.78, 5) is 17.1. The molecule has 7 heteroatoms. The molecule has 0 aliphatic carbocycles. The van der Waals surface area contributed by atoms with Crippen LogP contribution >= 0.6 is 11.3 Å².